The highest BCUT2D eigenvalue weighted by Crippen LogP contribution is 1.84. The summed E-state index contributed by atoms with van der Waals surface area (Å²) in [4.78, 5) is 10.5. The van der Waals surface area contributed by atoms with Crippen LogP contribution in [0.4, 0.5) is 4.79 Å². The van der Waals surface area contributed by atoms with Gasteiger partial charge in [-0.25, -0.2) is 4.79 Å². The predicted octanol–water partition coefficient (Wildman–Crippen LogP) is -0.753. The van der Waals surface area contributed by atoms with Crippen LogP contribution < -0.4 is 5.32 Å². The molecule has 0 aliphatic rings. The number of rotatable bonds is 4. The molecule has 0 fully saturated rings. The van der Waals surface area contributed by atoms with Gasteiger partial charge in [-0.3, -0.25) is 0 Å². The second-order valence-electron chi connectivity index (χ2n) is 1.87. The Kier molecular flexibility index (Phi) is 5.50. The van der Waals surface area contributed by atoms with Crippen molar-refractivity contribution in [3.63, 3.8) is 0 Å². The number of amides is 1. The summed E-state index contributed by atoms with van der Waals surface area (Å²) in [6, 6.07) is 0. The number of carbonyl (C=O) groups is 1. The molecule has 3 N–H and O–H groups in total. The summed E-state index contributed by atoms with van der Waals surface area (Å²) in [7, 11) is 0. The van der Waals surface area contributed by atoms with E-state index in [4.69, 9.17) is 10.2 Å². The molecule has 5 heteroatoms. The van der Waals surface area contributed by atoms with Gasteiger partial charge in [0.2, 0.25) is 0 Å². The quantitative estimate of drug-likeness (QED) is 0.508. The van der Waals surface area contributed by atoms with Crippen LogP contribution in [0.2, 0.25) is 0 Å². The van der Waals surface area contributed by atoms with Crippen molar-refractivity contribution < 1.29 is 19.7 Å². The molecular weight excluding hydrogens is 150 g/mol. The maximum absolute atomic E-state index is 10.5. The molecular formula is C6H12NO4. The number of ether oxygens (including phenoxy) is 1. The minimum Gasteiger partial charge on any atom is -0.447 e. The van der Waals surface area contributed by atoms with Gasteiger partial charge in [-0.1, -0.05) is 0 Å². The molecule has 1 atom stereocenters. The maximum atomic E-state index is 10.5. The first-order valence-corrected chi connectivity index (χ1v) is 3.20. The first-order valence-electron chi connectivity index (χ1n) is 3.20. The van der Waals surface area contributed by atoms with Crippen molar-refractivity contribution in [3.05, 3.63) is 6.54 Å². The number of hydrogen-bond acceptors (Lipinski definition) is 4. The maximum Gasteiger partial charge on any atom is 0.407 e. The van der Waals surface area contributed by atoms with Crippen LogP contribution >= 0.6 is 0 Å². The predicted molar refractivity (Wildman–Crippen MR) is 37.6 cm³/mol. The number of nitrogens with one attached hydrogen (secondary N) is 1. The molecule has 0 spiro atoms. The van der Waals surface area contributed by atoms with Gasteiger partial charge in [0.05, 0.1) is 6.61 Å². The number of carbonyl (C=O) groups excluding carboxylic acids is 1. The van der Waals surface area contributed by atoms with Crippen LogP contribution in [0.5, 0.6) is 0 Å². The molecule has 0 aromatic carbocycles. The van der Waals surface area contributed by atoms with Gasteiger partial charge in [-0.05, 0) is 6.92 Å². The molecule has 1 radical (unpaired) electrons. The van der Waals surface area contributed by atoms with Crippen molar-refractivity contribution >= 4 is 6.09 Å². The van der Waals surface area contributed by atoms with Gasteiger partial charge < -0.3 is 20.3 Å². The summed E-state index contributed by atoms with van der Waals surface area (Å²) >= 11 is 0. The summed E-state index contributed by atoms with van der Waals surface area (Å²) in [5.74, 6) is 0. The van der Waals surface area contributed by atoms with Crippen LogP contribution in [0.3, 0.4) is 0 Å². The molecule has 0 bridgehead atoms. The molecule has 0 saturated carbocycles. The highest BCUT2D eigenvalue weighted by molar-refractivity contribution is 5.67. The first kappa shape index (κ1) is 10.2. The fraction of sp³-hybridized carbons (Fsp3) is 0.667. The molecule has 0 aromatic rings. The Bertz CT molecular complexity index is 117. The Hall–Kier alpha value is -0.810. The molecule has 0 heterocycles. The molecule has 0 aliphatic heterocycles. The third kappa shape index (κ3) is 5.63. The topological polar surface area (TPSA) is 78.8 Å². The molecule has 11 heavy (non-hydrogen) atoms. The largest absolute Gasteiger partial charge is 0.447 e. The molecule has 65 valence electrons. The average Bonchev–Trinajstić information content (AvgIpc) is 2.01. The second kappa shape index (κ2) is 5.94. The zero-order valence-electron chi connectivity index (χ0n) is 6.28. The van der Waals surface area contributed by atoms with E-state index in [0.717, 1.165) is 0 Å². The SMILES string of the molecule is C[CH]NC(=O)OCC(O)CO. The molecule has 0 aliphatic carbocycles. The third-order valence-corrected chi connectivity index (χ3v) is 0.880. The fourth-order valence-electron chi connectivity index (χ4n) is 0.384. The summed E-state index contributed by atoms with van der Waals surface area (Å²) < 4.78 is 4.44. The number of alkyl carbamates (subject to hydrolysis) is 1. The van der Waals surface area contributed by atoms with Gasteiger partial charge in [0.1, 0.15) is 12.7 Å². The summed E-state index contributed by atoms with van der Waals surface area (Å²) in [5.41, 5.74) is 0. The normalized spacial score (nSPS) is 12.3. The molecule has 1 amide bonds. The van der Waals surface area contributed by atoms with E-state index < -0.39 is 18.8 Å². The Labute approximate surface area is 65.0 Å². The van der Waals surface area contributed by atoms with Crippen LogP contribution in [-0.4, -0.2) is 35.6 Å². The number of aliphatic hydroxyl groups excluding tert-OH is 2. The second-order valence-corrected chi connectivity index (χ2v) is 1.87. The van der Waals surface area contributed by atoms with Gasteiger partial charge in [0.15, 0.2) is 0 Å². The van der Waals surface area contributed by atoms with Crippen molar-refractivity contribution in [1.82, 2.24) is 5.32 Å². The van der Waals surface area contributed by atoms with Gasteiger partial charge in [0, 0.05) is 6.54 Å². The van der Waals surface area contributed by atoms with E-state index in [-0.39, 0.29) is 6.61 Å². The summed E-state index contributed by atoms with van der Waals surface area (Å²) in [6.45, 7) is 2.43. The lowest BCUT2D eigenvalue weighted by molar-refractivity contribution is 0.0328. The Morgan fingerprint density at radius 2 is 2.45 bits per heavy atom. The van der Waals surface area contributed by atoms with Gasteiger partial charge in [-0.15, -0.1) is 0 Å². The number of hydrogen-bond donors (Lipinski definition) is 3. The van der Waals surface area contributed by atoms with E-state index in [9.17, 15) is 4.79 Å². The van der Waals surface area contributed by atoms with E-state index >= 15 is 0 Å². The number of aliphatic hydroxyl groups is 2. The molecule has 0 rings (SSSR count). The van der Waals surface area contributed by atoms with Crippen LogP contribution in [0, 0.1) is 6.54 Å². The highest BCUT2D eigenvalue weighted by atomic mass is 16.6. The van der Waals surface area contributed by atoms with Crippen LogP contribution in [0.15, 0.2) is 0 Å². The minimum atomic E-state index is -1.00. The third-order valence-electron chi connectivity index (χ3n) is 0.880. The summed E-state index contributed by atoms with van der Waals surface area (Å²) in [5, 5.41) is 19.3. The highest BCUT2D eigenvalue weighted by Gasteiger charge is 2.05. The van der Waals surface area contributed by atoms with Crippen LogP contribution in [0.1, 0.15) is 6.92 Å². The van der Waals surface area contributed by atoms with Gasteiger partial charge in [-0.2, -0.15) is 0 Å². The van der Waals surface area contributed by atoms with Gasteiger partial charge in [0.25, 0.3) is 0 Å². The van der Waals surface area contributed by atoms with E-state index in [1.165, 1.54) is 6.54 Å². The zero-order valence-corrected chi connectivity index (χ0v) is 6.28. The average molecular weight is 162 g/mol. The molecule has 5 nitrogen and oxygen atoms in total. The zero-order chi connectivity index (χ0) is 8.69. The van der Waals surface area contributed by atoms with Crippen molar-refractivity contribution in [2.45, 2.75) is 13.0 Å². The Balaban J connectivity index is 3.30. The van der Waals surface area contributed by atoms with Crippen LogP contribution in [0.25, 0.3) is 0 Å². The van der Waals surface area contributed by atoms with Crippen LogP contribution in [-0.2, 0) is 4.74 Å². The standard InChI is InChI=1S/C6H12NO4/c1-2-7-6(10)11-4-5(9)3-8/h2,5,8-9H,3-4H2,1H3,(H,7,10). The van der Waals surface area contributed by atoms with Crippen molar-refractivity contribution in [2.24, 2.45) is 0 Å². The lowest BCUT2D eigenvalue weighted by Gasteiger charge is -2.07. The molecule has 1 unspecified atom stereocenters. The first-order chi connectivity index (χ1) is 5.20. The van der Waals surface area contributed by atoms with Crippen molar-refractivity contribution in [2.75, 3.05) is 13.2 Å². The summed E-state index contributed by atoms with van der Waals surface area (Å²) in [6.07, 6.45) is -1.64. The van der Waals surface area contributed by atoms with E-state index in [1.54, 1.807) is 6.92 Å². The smallest absolute Gasteiger partial charge is 0.407 e. The van der Waals surface area contributed by atoms with Crippen molar-refractivity contribution in [1.29, 1.82) is 0 Å². The minimum absolute atomic E-state index is 0.198. The van der Waals surface area contributed by atoms with E-state index in [2.05, 4.69) is 10.1 Å². The monoisotopic (exact) mass is 162 g/mol. The lowest BCUT2D eigenvalue weighted by Crippen LogP contribution is -2.27. The Morgan fingerprint density at radius 1 is 1.82 bits per heavy atom. The van der Waals surface area contributed by atoms with Crippen molar-refractivity contribution in [3.8, 4) is 0 Å². The fourth-order valence-corrected chi connectivity index (χ4v) is 0.384. The van der Waals surface area contributed by atoms with Gasteiger partial charge >= 0.3 is 6.09 Å². The van der Waals surface area contributed by atoms with E-state index in [0.29, 0.717) is 0 Å². The Morgan fingerprint density at radius 3 is 2.91 bits per heavy atom. The molecule has 0 aromatic heterocycles. The lowest BCUT2D eigenvalue weighted by atomic mass is 10.4. The molecule has 0 saturated heterocycles. The van der Waals surface area contributed by atoms with E-state index in [1.807, 2.05) is 0 Å².